The zero-order chi connectivity index (χ0) is 21.1. The molecule has 0 saturated heterocycles. The Hall–Kier alpha value is -3.10. The minimum atomic E-state index is -0.391. The van der Waals surface area contributed by atoms with Gasteiger partial charge in [0.15, 0.2) is 5.13 Å². The number of benzene rings is 2. The molecule has 8 heteroatoms. The van der Waals surface area contributed by atoms with Crippen LogP contribution in [-0.2, 0) is 4.79 Å². The predicted octanol–water partition coefficient (Wildman–Crippen LogP) is 5.29. The van der Waals surface area contributed by atoms with Gasteiger partial charge in [0.1, 0.15) is 5.82 Å². The number of nitrogens with one attached hydrogen (secondary N) is 1. The van der Waals surface area contributed by atoms with Gasteiger partial charge in [-0.25, -0.2) is 9.37 Å². The molecule has 0 saturated carbocycles. The molecule has 0 atom stereocenters. The first kappa shape index (κ1) is 20.2. The Balaban J connectivity index is 1.58. The van der Waals surface area contributed by atoms with E-state index in [4.69, 9.17) is 0 Å². The summed E-state index contributed by atoms with van der Waals surface area (Å²) in [5.74, 6) is -0.882. The van der Waals surface area contributed by atoms with Crippen LogP contribution < -0.4 is 10.2 Å². The van der Waals surface area contributed by atoms with Gasteiger partial charge in [0.05, 0.1) is 20.8 Å². The van der Waals surface area contributed by atoms with Gasteiger partial charge in [0.25, 0.3) is 5.91 Å². The highest BCUT2D eigenvalue weighted by atomic mass is 32.1. The predicted molar refractivity (Wildman–Crippen MR) is 119 cm³/mol. The number of nitrogens with zero attached hydrogens (tertiary/aromatic N) is 2. The van der Waals surface area contributed by atoms with E-state index >= 15 is 0 Å². The van der Waals surface area contributed by atoms with E-state index in [1.807, 2.05) is 29.6 Å². The standard InChI is InChI=1S/C22H18FN3O2S2/c1-14-8-9-15(13-16(14)23)26(22-25-17-5-2-3-6-18(17)30-22)20(27)10-11-24-21(28)19-7-4-12-29-19/h2-9,12-13H,10-11H2,1H3,(H,24,28). The highest BCUT2D eigenvalue weighted by molar-refractivity contribution is 7.22. The first-order chi connectivity index (χ1) is 14.5. The van der Waals surface area contributed by atoms with Crippen LogP contribution >= 0.6 is 22.7 Å². The van der Waals surface area contributed by atoms with E-state index in [0.717, 1.165) is 10.2 Å². The van der Waals surface area contributed by atoms with Gasteiger partial charge in [-0.2, -0.15) is 0 Å². The minimum Gasteiger partial charge on any atom is -0.351 e. The molecule has 2 amide bonds. The maximum Gasteiger partial charge on any atom is 0.261 e. The van der Waals surface area contributed by atoms with Crippen LogP contribution in [0.15, 0.2) is 60.0 Å². The molecule has 0 spiro atoms. The highest BCUT2D eigenvalue weighted by Gasteiger charge is 2.22. The van der Waals surface area contributed by atoms with Gasteiger partial charge in [-0.05, 0) is 48.2 Å². The van der Waals surface area contributed by atoms with Crippen molar-refractivity contribution in [2.45, 2.75) is 13.3 Å². The number of amides is 2. The van der Waals surface area contributed by atoms with E-state index in [9.17, 15) is 14.0 Å². The third-order valence-electron chi connectivity index (χ3n) is 4.51. The van der Waals surface area contributed by atoms with Gasteiger partial charge in [0.2, 0.25) is 5.91 Å². The molecule has 30 heavy (non-hydrogen) atoms. The summed E-state index contributed by atoms with van der Waals surface area (Å²) in [4.78, 5) is 31.8. The fourth-order valence-corrected chi connectivity index (χ4v) is 4.57. The summed E-state index contributed by atoms with van der Waals surface area (Å²) in [5, 5.41) is 5.04. The molecule has 0 unspecified atom stereocenters. The fraction of sp³-hybridized carbons (Fsp3) is 0.136. The van der Waals surface area contributed by atoms with Gasteiger partial charge in [-0.15, -0.1) is 11.3 Å². The van der Waals surface area contributed by atoms with Crippen molar-refractivity contribution in [1.29, 1.82) is 0 Å². The van der Waals surface area contributed by atoms with E-state index in [1.165, 1.54) is 33.6 Å². The molecule has 152 valence electrons. The van der Waals surface area contributed by atoms with Crippen LogP contribution in [0.2, 0.25) is 0 Å². The number of aryl methyl sites for hydroxylation is 1. The van der Waals surface area contributed by atoms with Gasteiger partial charge < -0.3 is 5.32 Å². The molecular formula is C22H18FN3O2S2. The van der Waals surface area contributed by atoms with E-state index in [2.05, 4.69) is 10.3 Å². The highest BCUT2D eigenvalue weighted by Crippen LogP contribution is 2.34. The van der Waals surface area contributed by atoms with Crippen LogP contribution in [0.1, 0.15) is 21.7 Å². The monoisotopic (exact) mass is 439 g/mol. The smallest absolute Gasteiger partial charge is 0.261 e. The Kier molecular flexibility index (Phi) is 5.87. The van der Waals surface area contributed by atoms with Gasteiger partial charge in [-0.3, -0.25) is 14.5 Å². The first-order valence-electron chi connectivity index (χ1n) is 9.29. The molecule has 2 aromatic heterocycles. The summed E-state index contributed by atoms with van der Waals surface area (Å²) >= 11 is 2.70. The number of carbonyl (C=O) groups is 2. The molecule has 4 aromatic rings. The molecule has 1 N–H and O–H groups in total. The number of thiophene rings is 1. The van der Waals surface area contributed by atoms with Crippen molar-refractivity contribution in [3.05, 3.63) is 76.2 Å². The van der Waals surface area contributed by atoms with Crippen LogP contribution in [0.3, 0.4) is 0 Å². The maximum atomic E-state index is 14.2. The molecule has 0 aliphatic carbocycles. The van der Waals surface area contributed by atoms with Gasteiger partial charge in [0, 0.05) is 13.0 Å². The van der Waals surface area contributed by atoms with Crippen LogP contribution in [0.4, 0.5) is 15.2 Å². The molecule has 0 bridgehead atoms. The summed E-state index contributed by atoms with van der Waals surface area (Å²) in [6, 6.07) is 15.8. The number of para-hydroxylation sites is 1. The molecule has 0 radical (unpaired) electrons. The Morgan fingerprint density at radius 1 is 1.13 bits per heavy atom. The summed E-state index contributed by atoms with van der Waals surface area (Å²) in [5.41, 5.74) is 1.68. The number of aromatic nitrogens is 1. The van der Waals surface area contributed by atoms with Crippen LogP contribution in [-0.4, -0.2) is 23.3 Å². The van der Waals surface area contributed by atoms with E-state index < -0.39 is 5.82 Å². The van der Waals surface area contributed by atoms with Crippen LogP contribution in [0.25, 0.3) is 10.2 Å². The van der Waals surface area contributed by atoms with Crippen molar-refractivity contribution in [2.75, 3.05) is 11.4 Å². The minimum absolute atomic E-state index is 0.0581. The number of anilines is 2. The second kappa shape index (κ2) is 8.73. The van der Waals surface area contributed by atoms with Crippen molar-refractivity contribution in [2.24, 2.45) is 0 Å². The summed E-state index contributed by atoms with van der Waals surface area (Å²) in [6.07, 6.45) is 0.0581. The molecule has 0 aliphatic rings. The number of carbonyl (C=O) groups excluding carboxylic acids is 2. The van der Waals surface area contributed by atoms with E-state index in [-0.39, 0.29) is 24.8 Å². The second-order valence-electron chi connectivity index (χ2n) is 6.61. The average molecular weight is 440 g/mol. The Labute approximate surface area is 180 Å². The molecule has 0 fully saturated rings. The molecule has 2 aromatic carbocycles. The summed E-state index contributed by atoms with van der Waals surface area (Å²) < 4.78 is 15.2. The lowest BCUT2D eigenvalue weighted by Crippen LogP contribution is -2.31. The summed E-state index contributed by atoms with van der Waals surface area (Å²) in [6.45, 7) is 1.84. The number of fused-ring (bicyclic) bond motifs is 1. The molecule has 5 nitrogen and oxygen atoms in total. The third kappa shape index (κ3) is 4.24. The molecule has 4 rings (SSSR count). The second-order valence-corrected chi connectivity index (χ2v) is 8.57. The normalized spacial score (nSPS) is 10.9. The summed E-state index contributed by atoms with van der Waals surface area (Å²) in [7, 11) is 0. The number of rotatable bonds is 6. The number of halogens is 1. The van der Waals surface area contributed by atoms with Crippen molar-refractivity contribution < 1.29 is 14.0 Å². The zero-order valence-electron chi connectivity index (χ0n) is 16.1. The maximum absolute atomic E-state index is 14.2. The van der Waals surface area contributed by atoms with Crippen LogP contribution in [0, 0.1) is 12.7 Å². The van der Waals surface area contributed by atoms with Gasteiger partial charge in [-0.1, -0.05) is 35.6 Å². The third-order valence-corrected chi connectivity index (χ3v) is 6.40. The van der Waals surface area contributed by atoms with Crippen molar-refractivity contribution in [3.8, 4) is 0 Å². The lowest BCUT2D eigenvalue weighted by molar-refractivity contribution is -0.117. The zero-order valence-corrected chi connectivity index (χ0v) is 17.7. The Morgan fingerprint density at radius 2 is 1.97 bits per heavy atom. The van der Waals surface area contributed by atoms with Crippen molar-refractivity contribution in [1.82, 2.24) is 10.3 Å². The fourth-order valence-electron chi connectivity index (χ4n) is 2.93. The topological polar surface area (TPSA) is 62.3 Å². The van der Waals surface area contributed by atoms with Crippen LogP contribution in [0.5, 0.6) is 0 Å². The average Bonchev–Trinajstić information content (AvgIpc) is 3.40. The van der Waals surface area contributed by atoms with E-state index in [0.29, 0.717) is 21.3 Å². The van der Waals surface area contributed by atoms with Gasteiger partial charge >= 0.3 is 0 Å². The lowest BCUT2D eigenvalue weighted by Gasteiger charge is -2.20. The Bertz CT molecular complexity index is 1170. The number of hydrogen-bond acceptors (Lipinski definition) is 5. The quantitative estimate of drug-likeness (QED) is 0.444. The number of thiazole rings is 1. The number of hydrogen-bond donors (Lipinski definition) is 1. The van der Waals surface area contributed by atoms with Crippen molar-refractivity contribution in [3.63, 3.8) is 0 Å². The lowest BCUT2D eigenvalue weighted by atomic mass is 10.2. The van der Waals surface area contributed by atoms with E-state index in [1.54, 1.807) is 31.2 Å². The Morgan fingerprint density at radius 3 is 2.70 bits per heavy atom. The largest absolute Gasteiger partial charge is 0.351 e. The SMILES string of the molecule is Cc1ccc(N(C(=O)CCNC(=O)c2cccs2)c2nc3ccccc3s2)cc1F. The molecule has 0 aliphatic heterocycles. The molecule has 2 heterocycles. The first-order valence-corrected chi connectivity index (χ1v) is 11.0. The molecular weight excluding hydrogens is 421 g/mol. The van der Waals surface area contributed by atoms with Crippen molar-refractivity contribution >= 4 is 55.5 Å².